The summed E-state index contributed by atoms with van der Waals surface area (Å²) in [6.45, 7) is 7.32. The summed E-state index contributed by atoms with van der Waals surface area (Å²) in [5.41, 5.74) is 0. The number of hydrogen-bond donors (Lipinski definition) is 1. The van der Waals surface area contributed by atoms with Crippen molar-refractivity contribution in [3.63, 3.8) is 0 Å². The lowest BCUT2D eigenvalue weighted by Gasteiger charge is -2.15. The Morgan fingerprint density at radius 1 is 1.20 bits per heavy atom. The number of hydrogen-bond acceptors (Lipinski definition) is 2. The second kappa shape index (κ2) is 3.71. The lowest BCUT2D eigenvalue weighted by molar-refractivity contribution is -0.131. The molecule has 0 saturated heterocycles. The summed E-state index contributed by atoms with van der Waals surface area (Å²) in [6, 6.07) is 0. The van der Waals surface area contributed by atoms with Crippen LogP contribution in [-0.4, -0.2) is 17.0 Å². The average molecular weight is 144 g/mol. The van der Waals surface area contributed by atoms with E-state index in [1.165, 1.54) is 6.92 Å². The molecule has 0 fully saturated rings. The molecule has 0 aromatic rings. The van der Waals surface area contributed by atoms with E-state index in [1.54, 1.807) is 0 Å². The maximum atomic E-state index is 11.0. The molecule has 1 N–H and O–H groups in total. The highest BCUT2D eigenvalue weighted by Crippen LogP contribution is 2.12. The zero-order valence-electron chi connectivity index (χ0n) is 7.09. The molecule has 0 heterocycles. The Kier molecular flexibility index (Phi) is 3.58. The third kappa shape index (κ3) is 2.48. The summed E-state index contributed by atoms with van der Waals surface area (Å²) in [6.07, 6.45) is -0.808. The van der Waals surface area contributed by atoms with Gasteiger partial charge >= 0.3 is 0 Å². The van der Waals surface area contributed by atoms with E-state index in [0.29, 0.717) is 5.92 Å². The van der Waals surface area contributed by atoms with Gasteiger partial charge in [-0.1, -0.05) is 20.8 Å². The van der Waals surface area contributed by atoms with Crippen LogP contribution in [-0.2, 0) is 4.79 Å². The van der Waals surface area contributed by atoms with Crippen molar-refractivity contribution in [3.05, 3.63) is 0 Å². The van der Waals surface area contributed by atoms with Crippen LogP contribution in [0.5, 0.6) is 0 Å². The first kappa shape index (κ1) is 9.63. The fourth-order valence-corrected chi connectivity index (χ4v) is 0.709. The molecule has 2 nitrogen and oxygen atoms in total. The van der Waals surface area contributed by atoms with Gasteiger partial charge < -0.3 is 5.11 Å². The highest BCUT2D eigenvalue weighted by molar-refractivity contribution is 5.84. The van der Waals surface area contributed by atoms with Crippen molar-refractivity contribution < 1.29 is 9.90 Å². The van der Waals surface area contributed by atoms with Gasteiger partial charge in [0.15, 0.2) is 5.78 Å². The number of ketones is 1. The Morgan fingerprint density at radius 2 is 1.60 bits per heavy atom. The summed E-state index contributed by atoms with van der Waals surface area (Å²) in [5, 5.41) is 8.89. The van der Waals surface area contributed by atoms with E-state index in [9.17, 15) is 4.79 Å². The van der Waals surface area contributed by atoms with E-state index in [4.69, 9.17) is 5.11 Å². The Bertz CT molecular complexity index is 116. The van der Waals surface area contributed by atoms with Crippen LogP contribution in [0.2, 0.25) is 0 Å². The van der Waals surface area contributed by atoms with Gasteiger partial charge in [0.05, 0.1) is 0 Å². The molecule has 0 spiro atoms. The number of carbonyl (C=O) groups is 1. The molecule has 0 amide bonds. The first-order valence-electron chi connectivity index (χ1n) is 3.68. The van der Waals surface area contributed by atoms with Gasteiger partial charge in [0, 0.05) is 5.92 Å². The van der Waals surface area contributed by atoms with E-state index in [-0.39, 0.29) is 11.7 Å². The number of Topliss-reactive ketones (excluding diaryl/α,β-unsaturated/α-hetero) is 1. The maximum Gasteiger partial charge on any atom is 0.164 e. The van der Waals surface area contributed by atoms with Crippen LogP contribution in [0.4, 0.5) is 0 Å². The van der Waals surface area contributed by atoms with Crippen LogP contribution in [0.1, 0.15) is 27.7 Å². The van der Waals surface area contributed by atoms with E-state index in [2.05, 4.69) is 0 Å². The molecule has 0 aliphatic carbocycles. The molecule has 2 heteroatoms. The first-order valence-corrected chi connectivity index (χ1v) is 3.68. The Hall–Kier alpha value is -0.370. The molecule has 0 bridgehead atoms. The largest absolute Gasteiger partial charge is 0.386 e. The van der Waals surface area contributed by atoms with Crippen LogP contribution in [0.3, 0.4) is 0 Å². The predicted molar refractivity (Wildman–Crippen MR) is 40.7 cm³/mol. The quantitative estimate of drug-likeness (QED) is 0.646. The zero-order chi connectivity index (χ0) is 8.31. The van der Waals surface area contributed by atoms with Crippen molar-refractivity contribution in [1.29, 1.82) is 0 Å². The Morgan fingerprint density at radius 3 is 1.70 bits per heavy atom. The highest BCUT2D eigenvalue weighted by Gasteiger charge is 2.20. The summed E-state index contributed by atoms with van der Waals surface area (Å²) >= 11 is 0. The maximum absolute atomic E-state index is 11.0. The standard InChI is InChI=1S/C8H16O2/c1-5(2)6(3)8(10)7(4)9/h5-7,9H,1-4H3. The van der Waals surface area contributed by atoms with Gasteiger partial charge in [0.1, 0.15) is 6.10 Å². The average Bonchev–Trinajstić information content (AvgIpc) is 1.84. The molecule has 0 aromatic heterocycles. The molecule has 0 aliphatic rings. The lowest BCUT2D eigenvalue weighted by Crippen LogP contribution is -2.26. The van der Waals surface area contributed by atoms with Crippen molar-refractivity contribution in [2.45, 2.75) is 33.8 Å². The molecule has 10 heavy (non-hydrogen) atoms. The Labute approximate surface area is 62.2 Å². The second-order valence-electron chi connectivity index (χ2n) is 3.11. The fourth-order valence-electron chi connectivity index (χ4n) is 0.709. The van der Waals surface area contributed by atoms with E-state index >= 15 is 0 Å². The molecular weight excluding hydrogens is 128 g/mol. The van der Waals surface area contributed by atoms with Crippen LogP contribution in [0, 0.1) is 11.8 Å². The molecule has 0 aliphatic heterocycles. The van der Waals surface area contributed by atoms with Crippen molar-refractivity contribution in [1.82, 2.24) is 0 Å². The number of carbonyl (C=O) groups excluding carboxylic acids is 1. The minimum atomic E-state index is -0.808. The predicted octanol–water partition coefficient (Wildman–Crippen LogP) is 1.23. The molecule has 0 rings (SSSR count). The first-order chi connectivity index (χ1) is 4.46. The SMILES string of the molecule is CC(O)C(=O)C(C)C(C)C. The number of aliphatic hydroxyl groups excluding tert-OH is 1. The van der Waals surface area contributed by atoms with Gasteiger partial charge in [0.25, 0.3) is 0 Å². The molecule has 0 aromatic carbocycles. The number of aliphatic hydroxyl groups is 1. The summed E-state index contributed by atoms with van der Waals surface area (Å²) in [7, 11) is 0. The van der Waals surface area contributed by atoms with Crippen molar-refractivity contribution in [3.8, 4) is 0 Å². The minimum absolute atomic E-state index is 0.0278. The summed E-state index contributed by atoms with van der Waals surface area (Å²) < 4.78 is 0. The molecule has 2 atom stereocenters. The monoisotopic (exact) mass is 144 g/mol. The molecule has 60 valence electrons. The third-order valence-corrected chi connectivity index (χ3v) is 1.86. The smallest absolute Gasteiger partial charge is 0.164 e. The van der Waals surface area contributed by atoms with Crippen LogP contribution in [0.15, 0.2) is 0 Å². The summed E-state index contributed by atoms with van der Waals surface area (Å²) in [5.74, 6) is 0.233. The van der Waals surface area contributed by atoms with Crippen molar-refractivity contribution >= 4 is 5.78 Å². The molecule has 0 saturated carbocycles. The van der Waals surface area contributed by atoms with Gasteiger partial charge in [-0.15, -0.1) is 0 Å². The number of rotatable bonds is 3. The van der Waals surface area contributed by atoms with Gasteiger partial charge in [0.2, 0.25) is 0 Å². The van der Waals surface area contributed by atoms with Crippen LogP contribution >= 0.6 is 0 Å². The van der Waals surface area contributed by atoms with Gasteiger partial charge in [-0.3, -0.25) is 4.79 Å². The van der Waals surface area contributed by atoms with Gasteiger partial charge in [-0.2, -0.15) is 0 Å². The molecule has 0 radical (unpaired) electrons. The van der Waals surface area contributed by atoms with Gasteiger partial charge in [-0.25, -0.2) is 0 Å². The lowest BCUT2D eigenvalue weighted by atomic mass is 9.91. The van der Waals surface area contributed by atoms with E-state index in [1.807, 2.05) is 20.8 Å². The topological polar surface area (TPSA) is 37.3 Å². The van der Waals surface area contributed by atoms with E-state index < -0.39 is 6.10 Å². The van der Waals surface area contributed by atoms with Crippen LogP contribution < -0.4 is 0 Å². The Balaban J connectivity index is 3.95. The van der Waals surface area contributed by atoms with E-state index in [0.717, 1.165) is 0 Å². The van der Waals surface area contributed by atoms with Crippen molar-refractivity contribution in [2.75, 3.05) is 0 Å². The van der Waals surface area contributed by atoms with Gasteiger partial charge in [-0.05, 0) is 12.8 Å². The van der Waals surface area contributed by atoms with Crippen LogP contribution in [0.25, 0.3) is 0 Å². The normalized spacial score (nSPS) is 17.0. The minimum Gasteiger partial charge on any atom is -0.386 e. The third-order valence-electron chi connectivity index (χ3n) is 1.86. The highest BCUT2D eigenvalue weighted by atomic mass is 16.3. The second-order valence-corrected chi connectivity index (χ2v) is 3.11. The molecule has 2 unspecified atom stereocenters. The molecular formula is C8H16O2. The zero-order valence-corrected chi connectivity index (χ0v) is 7.09. The fraction of sp³-hybridized carbons (Fsp3) is 0.875. The van der Waals surface area contributed by atoms with Crippen molar-refractivity contribution in [2.24, 2.45) is 11.8 Å². The summed E-state index contributed by atoms with van der Waals surface area (Å²) in [4.78, 5) is 11.0.